The Kier molecular flexibility index (Phi) is 2.80. The summed E-state index contributed by atoms with van der Waals surface area (Å²) in [6.07, 6.45) is 0. The molecule has 0 aliphatic rings. The minimum absolute atomic E-state index is 0.581. The van der Waals surface area contributed by atoms with Crippen molar-refractivity contribution in [2.45, 2.75) is 25.4 Å². The van der Waals surface area contributed by atoms with Crippen LogP contribution in [0.3, 0.4) is 0 Å². The van der Waals surface area contributed by atoms with Gasteiger partial charge >= 0.3 is 0 Å². The molecular formula is C13H16FNSi. The average molecular weight is 233 g/mol. The van der Waals surface area contributed by atoms with Crippen LogP contribution in [-0.4, -0.2) is 13.1 Å². The minimum Gasteiger partial charge on any atom is -0.250 e. The highest BCUT2D eigenvalue weighted by atomic mass is 28.3. The molecule has 16 heavy (non-hydrogen) atoms. The van der Waals surface area contributed by atoms with E-state index < -0.39 is 13.9 Å². The quantitative estimate of drug-likeness (QED) is 0.711. The Morgan fingerprint density at radius 1 is 1.06 bits per heavy atom. The SMILES string of the molecule is C[Si](C)(C)C(F)c1ccc2ccccc2n1. The number of fused-ring (bicyclic) bond motifs is 1. The first-order chi connectivity index (χ1) is 7.48. The molecule has 1 heterocycles. The molecule has 1 aromatic heterocycles. The van der Waals surface area contributed by atoms with Crippen LogP contribution in [0.2, 0.25) is 19.6 Å². The molecule has 1 nitrogen and oxygen atoms in total. The van der Waals surface area contributed by atoms with Crippen LogP contribution in [0.4, 0.5) is 4.39 Å². The van der Waals surface area contributed by atoms with E-state index in [0.717, 1.165) is 10.9 Å². The molecule has 2 rings (SSSR count). The molecule has 0 saturated carbocycles. The molecule has 0 radical (unpaired) electrons. The van der Waals surface area contributed by atoms with Crippen LogP contribution >= 0.6 is 0 Å². The van der Waals surface area contributed by atoms with E-state index in [2.05, 4.69) is 4.98 Å². The molecule has 0 N–H and O–H groups in total. The molecule has 0 bridgehead atoms. The van der Waals surface area contributed by atoms with Crippen molar-refractivity contribution in [2.24, 2.45) is 0 Å². The highest BCUT2D eigenvalue weighted by molar-refractivity contribution is 6.77. The first kappa shape index (κ1) is 11.3. The summed E-state index contributed by atoms with van der Waals surface area (Å²) >= 11 is 0. The predicted octanol–water partition coefficient (Wildman–Crippen LogP) is 4.12. The van der Waals surface area contributed by atoms with Gasteiger partial charge in [-0.25, -0.2) is 4.39 Å². The van der Waals surface area contributed by atoms with Crippen LogP contribution in [0.25, 0.3) is 10.9 Å². The fourth-order valence-electron chi connectivity index (χ4n) is 1.67. The Hall–Kier alpha value is -1.22. The van der Waals surface area contributed by atoms with Crippen LogP contribution in [0.1, 0.15) is 11.5 Å². The van der Waals surface area contributed by atoms with E-state index in [1.165, 1.54) is 0 Å². The lowest BCUT2D eigenvalue weighted by atomic mass is 10.2. The summed E-state index contributed by atoms with van der Waals surface area (Å²) in [6, 6.07) is 11.6. The molecule has 1 aromatic carbocycles. The summed E-state index contributed by atoms with van der Waals surface area (Å²) in [4.78, 5) is 4.40. The summed E-state index contributed by atoms with van der Waals surface area (Å²) in [6.45, 7) is 6.07. The number of hydrogen-bond acceptors (Lipinski definition) is 1. The second-order valence-electron chi connectivity index (χ2n) is 5.16. The largest absolute Gasteiger partial charge is 0.250 e. The maximum Gasteiger partial charge on any atom is 0.130 e. The second-order valence-corrected chi connectivity index (χ2v) is 10.4. The van der Waals surface area contributed by atoms with Gasteiger partial charge in [0.15, 0.2) is 0 Å². The molecular weight excluding hydrogens is 217 g/mol. The van der Waals surface area contributed by atoms with Crippen LogP contribution in [0, 0.1) is 0 Å². The molecule has 0 aliphatic carbocycles. The van der Waals surface area contributed by atoms with E-state index in [1.807, 2.05) is 56.0 Å². The molecule has 1 unspecified atom stereocenters. The Balaban J connectivity index is 2.47. The molecule has 2 aromatic rings. The molecule has 0 fully saturated rings. The Bertz CT molecular complexity index is 505. The lowest BCUT2D eigenvalue weighted by Gasteiger charge is -2.21. The van der Waals surface area contributed by atoms with E-state index in [-0.39, 0.29) is 0 Å². The van der Waals surface area contributed by atoms with Gasteiger partial charge in [-0.3, -0.25) is 4.98 Å². The van der Waals surface area contributed by atoms with Crippen molar-refractivity contribution in [1.82, 2.24) is 4.98 Å². The molecule has 84 valence electrons. The standard InChI is InChI=1S/C13H16FNSi/c1-16(2,3)13(14)12-9-8-10-6-4-5-7-11(10)15-12/h4-9,13H,1-3H3. The smallest absolute Gasteiger partial charge is 0.130 e. The van der Waals surface area contributed by atoms with E-state index in [0.29, 0.717) is 5.69 Å². The summed E-state index contributed by atoms with van der Waals surface area (Å²) in [5, 5.41) is 1.06. The summed E-state index contributed by atoms with van der Waals surface area (Å²) in [5.41, 5.74) is 1.46. The van der Waals surface area contributed by atoms with Gasteiger partial charge in [0.1, 0.15) is 5.79 Å². The van der Waals surface area contributed by atoms with Crippen molar-refractivity contribution in [2.75, 3.05) is 0 Å². The number of rotatable bonds is 2. The second kappa shape index (κ2) is 3.98. The van der Waals surface area contributed by atoms with Crippen LogP contribution < -0.4 is 0 Å². The van der Waals surface area contributed by atoms with E-state index in [1.54, 1.807) is 0 Å². The zero-order valence-electron chi connectivity index (χ0n) is 9.87. The molecule has 0 aliphatic heterocycles. The van der Waals surface area contributed by atoms with E-state index >= 15 is 0 Å². The maximum absolute atomic E-state index is 14.2. The highest BCUT2D eigenvalue weighted by Gasteiger charge is 2.29. The van der Waals surface area contributed by atoms with Gasteiger partial charge < -0.3 is 0 Å². The lowest BCUT2D eigenvalue weighted by molar-refractivity contribution is 0.434. The summed E-state index contributed by atoms with van der Waals surface area (Å²) in [7, 11) is -1.82. The minimum atomic E-state index is -1.82. The normalized spacial score (nSPS) is 14.0. The Morgan fingerprint density at radius 2 is 1.75 bits per heavy atom. The maximum atomic E-state index is 14.2. The van der Waals surface area contributed by atoms with Gasteiger partial charge in [0.05, 0.1) is 19.3 Å². The predicted molar refractivity (Wildman–Crippen MR) is 68.9 cm³/mol. The zero-order valence-corrected chi connectivity index (χ0v) is 10.9. The van der Waals surface area contributed by atoms with Crippen molar-refractivity contribution >= 4 is 19.0 Å². The van der Waals surface area contributed by atoms with E-state index in [9.17, 15) is 4.39 Å². The first-order valence-electron chi connectivity index (χ1n) is 5.48. The Labute approximate surface area is 96.3 Å². The first-order valence-corrected chi connectivity index (χ1v) is 9.06. The van der Waals surface area contributed by atoms with Gasteiger partial charge in [-0.15, -0.1) is 0 Å². The van der Waals surface area contributed by atoms with Crippen LogP contribution in [0.5, 0.6) is 0 Å². The highest BCUT2D eigenvalue weighted by Crippen LogP contribution is 2.28. The van der Waals surface area contributed by atoms with Crippen molar-refractivity contribution < 1.29 is 4.39 Å². The van der Waals surface area contributed by atoms with Crippen molar-refractivity contribution in [3.8, 4) is 0 Å². The van der Waals surface area contributed by atoms with Crippen LogP contribution in [-0.2, 0) is 0 Å². The van der Waals surface area contributed by atoms with Crippen molar-refractivity contribution in [1.29, 1.82) is 0 Å². The fourth-order valence-corrected chi connectivity index (χ4v) is 2.71. The van der Waals surface area contributed by atoms with Gasteiger partial charge in [0, 0.05) is 5.39 Å². The number of aromatic nitrogens is 1. The van der Waals surface area contributed by atoms with Gasteiger partial charge in [0.25, 0.3) is 0 Å². The van der Waals surface area contributed by atoms with Crippen molar-refractivity contribution in [3.63, 3.8) is 0 Å². The average Bonchev–Trinajstić information content (AvgIpc) is 2.26. The van der Waals surface area contributed by atoms with Gasteiger partial charge in [-0.05, 0) is 12.1 Å². The third kappa shape index (κ3) is 2.14. The van der Waals surface area contributed by atoms with Gasteiger partial charge in [-0.1, -0.05) is 43.9 Å². The number of hydrogen-bond donors (Lipinski definition) is 0. The molecule has 1 atom stereocenters. The topological polar surface area (TPSA) is 12.9 Å². The molecule has 0 spiro atoms. The molecule has 0 amide bonds. The van der Waals surface area contributed by atoms with Gasteiger partial charge in [-0.2, -0.15) is 0 Å². The number of benzene rings is 1. The number of pyridine rings is 1. The zero-order chi connectivity index (χ0) is 11.8. The lowest BCUT2D eigenvalue weighted by Crippen LogP contribution is -2.28. The number of halogens is 1. The monoisotopic (exact) mass is 233 g/mol. The summed E-state index contributed by atoms with van der Waals surface area (Å²) in [5.74, 6) is -0.892. The number of alkyl halides is 1. The summed E-state index contributed by atoms with van der Waals surface area (Å²) < 4.78 is 14.2. The van der Waals surface area contributed by atoms with Gasteiger partial charge in [0.2, 0.25) is 0 Å². The third-order valence-corrected chi connectivity index (χ3v) is 4.46. The third-order valence-electron chi connectivity index (χ3n) is 2.64. The Morgan fingerprint density at radius 3 is 2.44 bits per heavy atom. The number of para-hydroxylation sites is 1. The fraction of sp³-hybridized carbons (Fsp3) is 0.308. The number of nitrogens with zero attached hydrogens (tertiary/aromatic N) is 1. The molecule has 0 saturated heterocycles. The van der Waals surface area contributed by atoms with E-state index in [4.69, 9.17) is 0 Å². The van der Waals surface area contributed by atoms with Crippen molar-refractivity contribution in [3.05, 3.63) is 42.1 Å². The molecule has 3 heteroatoms. The van der Waals surface area contributed by atoms with Crippen LogP contribution in [0.15, 0.2) is 36.4 Å².